The van der Waals surface area contributed by atoms with E-state index in [-0.39, 0.29) is 0 Å². The Morgan fingerprint density at radius 2 is 1.89 bits per heavy atom. The minimum Gasteiger partial charge on any atom is -0.377 e. The van der Waals surface area contributed by atoms with E-state index in [4.69, 9.17) is 4.74 Å². The van der Waals surface area contributed by atoms with Crippen LogP contribution < -0.4 is 0 Å². The van der Waals surface area contributed by atoms with E-state index in [0.29, 0.717) is 0 Å². The lowest BCUT2D eigenvalue weighted by molar-refractivity contribution is 0.118. The molecule has 0 radical (unpaired) electrons. The molecule has 0 saturated carbocycles. The van der Waals surface area contributed by atoms with Crippen LogP contribution in [0.5, 0.6) is 0 Å². The molecule has 0 amide bonds. The predicted octanol–water partition coefficient (Wildman–Crippen LogP) is 5.12. The van der Waals surface area contributed by atoms with Gasteiger partial charge in [0.05, 0.1) is 6.61 Å². The fraction of sp³-hybridized carbons (Fsp3) is 0.556. The molecule has 0 unspecified atom stereocenters. The first-order valence-electron chi connectivity index (χ1n) is 7.60. The zero-order chi connectivity index (χ0) is 13.5. The van der Waals surface area contributed by atoms with Crippen LogP contribution in [0.4, 0.5) is 0 Å². The van der Waals surface area contributed by atoms with Gasteiger partial charge in [-0.1, -0.05) is 55.3 Å². The Kier molecular flexibility index (Phi) is 5.65. The molecule has 0 aliphatic heterocycles. The van der Waals surface area contributed by atoms with Crippen LogP contribution >= 0.6 is 0 Å². The normalized spacial score (nSPS) is 15.5. The molecule has 1 aromatic rings. The lowest BCUT2D eigenvalue weighted by atomic mass is 9.97. The van der Waals surface area contributed by atoms with Crippen LogP contribution in [0.1, 0.15) is 51.5 Å². The summed E-state index contributed by atoms with van der Waals surface area (Å²) < 4.78 is 5.75. The SMILES string of the molecule is CC(C)C1=C(CCCOCc2ccccc2)CCC1. The maximum absolute atomic E-state index is 5.75. The predicted molar refractivity (Wildman–Crippen MR) is 81.0 cm³/mol. The van der Waals surface area contributed by atoms with Crippen molar-refractivity contribution in [3.05, 3.63) is 47.0 Å². The number of ether oxygens (including phenoxy) is 1. The van der Waals surface area contributed by atoms with Gasteiger partial charge in [-0.15, -0.1) is 0 Å². The first kappa shape index (κ1) is 14.3. The van der Waals surface area contributed by atoms with Crippen LogP contribution in [0.3, 0.4) is 0 Å². The van der Waals surface area contributed by atoms with Gasteiger partial charge in [0.2, 0.25) is 0 Å². The molecule has 0 N–H and O–H groups in total. The van der Waals surface area contributed by atoms with Crippen LogP contribution in [0, 0.1) is 5.92 Å². The number of rotatable bonds is 7. The van der Waals surface area contributed by atoms with E-state index in [9.17, 15) is 0 Å². The molecule has 0 heterocycles. The summed E-state index contributed by atoms with van der Waals surface area (Å²) in [6, 6.07) is 10.4. The van der Waals surface area contributed by atoms with E-state index in [1.54, 1.807) is 11.1 Å². The van der Waals surface area contributed by atoms with Crippen molar-refractivity contribution in [2.75, 3.05) is 6.61 Å². The number of hydrogen-bond donors (Lipinski definition) is 0. The van der Waals surface area contributed by atoms with Gasteiger partial charge in [-0.05, 0) is 43.6 Å². The lowest BCUT2D eigenvalue weighted by Crippen LogP contribution is -1.98. The Labute approximate surface area is 117 Å². The van der Waals surface area contributed by atoms with Gasteiger partial charge in [-0.3, -0.25) is 0 Å². The van der Waals surface area contributed by atoms with Gasteiger partial charge in [0, 0.05) is 6.61 Å². The largest absolute Gasteiger partial charge is 0.377 e. The quantitative estimate of drug-likeness (QED) is 0.487. The van der Waals surface area contributed by atoms with E-state index in [1.807, 2.05) is 6.07 Å². The van der Waals surface area contributed by atoms with Crippen molar-refractivity contribution in [1.82, 2.24) is 0 Å². The van der Waals surface area contributed by atoms with Gasteiger partial charge in [-0.25, -0.2) is 0 Å². The van der Waals surface area contributed by atoms with E-state index in [1.165, 1.54) is 37.7 Å². The highest BCUT2D eigenvalue weighted by Crippen LogP contribution is 2.33. The van der Waals surface area contributed by atoms with Gasteiger partial charge in [0.15, 0.2) is 0 Å². The second-order valence-corrected chi connectivity index (χ2v) is 5.78. The van der Waals surface area contributed by atoms with E-state index < -0.39 is 0 Å². The third-order valence-corrected chi connectivity index (χ3v) is 3.95. The van der Waals surface area contributed by atoms with Gasteiger partial charge in [0.25, 0.3) is 0 Å². The third-order valence-electron chi connectivity index (χ3n) is 3.95. The van der Waals surface area contributed by atoms with Gasteiger partial charge < -0.3 is 4.74 Å². The molecule has 19 heavy (non-hydrogen) atoms. The summed E-state index contributed by atoms with van der Waals surface area (Å²) >= 11 is 0. The minimum absolute atomic E-state index is 0.739. The number of allylic oxidation sites excluding steroid dienone is 2. The average molecular weight is 258 g/mol. The first-order valence-corrected chi connectivity index (χ1v) is 7.60. The van der Waals surface area contributed by atoms with Crippen molar-refractivity contribution in [2.45, 2.75) is 52.6 Å². The topological polar surface area (TPSA) is 9.23 Å². The molecule has 0 fully saturated rings. The van der Waals surface area contributed by atoms with E-state index in [0.717, 1.165) is 19.1 Å². The zero-order valence-corrected chi connectivity index (χ0v) is 12.3. The van der Waals surface area contributed by atoms with Gasteiger partial charge >= 0.3 is 0 Å². The second-order valence-electron chi connectivity index (χ2n) is 5.78. The summed E-state index contributed by atoms with van der Waals surface area (Å²) in [6.45, 7) is 6.28. The molecule has 1 heteroatoms. The Morgan fingerprint density at radius 3 is 2.63 bits per heavy atom. The molecule has 0 aromatic heterocycles. The van der Waals surface area contributed by atoms with Crippen LogP contribution in [-0.4, -0.2) is 6.61 Å². The summed E-state index contributed by atoms with van der Waals surface area (Å²) in [4.78, 5) is 0. The van der Waals surface area contributed by atoms with Crippen molar-refractivity contribution < 1.29 is 4.74 Å². The Bertz CT molecular complexity index is 403. The fourth-order valence-electron chi connectivity index (χ4n) is 2.96. The maximum atomic E-state index is 5.75. The summed E-state index contributed by atoms with van der Waals surface area (Å²) in [5.74, 6) is 0.739. The summed E-state index contributed by atoms with van der Waals surface area (Å²) in [6.07, 6.45) is 6.43. The lowest BCUT2D eigenvalue weighted by Gasteiger charge is -2.11. The monoisotopic (exact) mass is 258 g/mol. The molecule has 104 valence electrons. The maximum Gasteiger partial charge on any atom is 0.0716 e. The second kappa shape index (κ2) is 7.49. The minimum atomic E-state index is 0.739. The molecule has 0 spiro atoms. The molecule has 1 nitrogen and oxygen atoms in total. The van der Waals surface area contributed by atoms with E-state index >= 15 is 0 Å². The third kappa shape index (κ3) is 4.50. The van der Waals surface area contributed by atoms with Crippen LogP contribution in [0.2, 0.25) is 0 Å². The zero-order valence-electron chi connectivity index (χ0n) is 12.3. The Balaban J connectivity index is 1.66. The Hall–Kier alpha value is -1.08. The summed E-state index contributed by atoms with van der Waals surface area (Å²) in [7, 11) is 0. The molecule has 1 aromatic carbocycles. The van der Waals surface area contributed by atoms with Gasteiger partial charge in [0.1, 0.15) is 0 Å². The van der Waals surface area contributed by atoms with E-state index in [2.05, 4.69) is 38.1 Å². The van der Waals surface area contributed by atoms with Crippen molar-refractivity contribution in [2.24, 2.45) is 5.92 Å². The molecular formula is C18H26O. The first-order chi connectivity index (χ1) is 9.27. The molecule has 2 rings (SSSR count). The average Bonchev–Trinajstić information content (AvgIpc) is 2.88. The molecular weight excluding hydrogens is 232 g/mol. The standard InChI is InChI=1S/C18H26O/c1-15(2)18-12-6-10-17(18)11-7-13-19-14-16-8-4-3-5-9-16/h3-5,8-9,15H,6-7,10-14H2,1-2H3. The fourth-order valence-corrected chi connectivity index (χ4v) is 2.96. The summed E-state index contributed by atoms with van der Waals surface area (Å²) in [5.41, 5.74) is 4.71. The molecule has 1 aliphatic rings. The van der Waals surface area contributed by atoms with Crippen molar-refractivity contribution >= 4 is 0 Å². The summed E-state index contributed by atoms with van der Waals surface area (Å²) in [5, 5.41) is 0. The molecule has 1 aliphatic carbocycles. The molecule has 0 atom stereocenters. The molecule has 0 bridgehead atoms. The smallest absolute Gasteiger partial charge is 0.0716 e. The van der Waals surface area contributed by atoms with Crippen LogP contribution in [0.15, 0.2) is 41.5 Å². The number of benzene rings is 1. The van der Waals surface area contributed by atoms with Crippen molar-refractivity contribution in [3.63, 3.8) is 0 Å². The van der Waals surface area contributed by atoms with Crippen LogP contribution in [-0.2, 0) is 11.3 Å². The highest BCUT2D eigenvalue weighted by Gasteiger charge is 2.16. The van der Waals surface area contributed by atoms with Crippen molar-refractivity contribution in [1.29, 1.82) is 0 Å². The Morgan fingerprint density at radius 1 is 1.11 bits per heavy atom. The highest BCUT2D eigenvalue weighted by molar-refractivity contribution is 5.21. The highest BCUT2D eigenvalue weighted by atomic mass is 16.5. The van der Waals surface area contributed by atoms with Crippen LogP contribution in [0.25, 0.3) is 0 Å². The van der Waals surface area contributed by atoms with Crippen molar-refractivity contribution in [3.8, 4) is 0 Å². The number of hydrogen-bond acceptors (Lipinski definition) is 1. The molecule has 0 saturated heterocycles. The van der Waals surface area contributed by atoms with Gasteiger partial charge in [-0.2, -0.15) is 0 Å².